The highest BCUT2D eigenvalue weighted by Crippen LogP contribution is 2.70. The molecule has 1 aromatic rings. The van der Waals surface area contributed by atoms with Crippen LogP contribution in [0.25, 0.3) is 0 Å². The third kappa shape index (κ3) is 3.38. The summed E-state index contributed by atoms with van der Waals surface area (Å²) in [4.78, 5) is 56.0. The second kappa shape index (κ2) is 9.20. The summed E-state index contributed by atoms with van der Waals surface area (Å²) in [6.45, 7) is 20.7. The molecule has 0 aliphatic heterocycles. The average molecular weight is 551 g/mol. The molecule has 1 unspecified atom stereocenters. The number of phenols is 1. The molecule has 1 saturated carbocycles. The first kappa shape index (κ1) is 30.4. The predicted octanol–water partition coefficient (Wildman–Crippen LogP) is 6.11. The Bertz CT molecular complexity index is 1360. The van der Waals surface area contributed by atoms with Crippen LogP contribution in [0.3, 0.4) is 0 Å². The molecule has 2 N–H and O–H groups in total. The van der Waals surface area contributed by atoms with E-state index in [0.717, 1.165) is 12.8 Å². The molecule has 4 rings (SSSR count). The van der Waals surface area contributed by atoms with Crippen LogP contribution < -0.4 is 0 Å². The minimum absolute atomic E-state index is 0.0938. The van der Waals surface area contributed by atoms with E-state index in [1.54, 1.807) is 13.8 Å². The number of rotatable bonds is 5. The highest BCUT2D eigenvalue weighted by molar-refractivity contribution is 6.33. The highest BCUT2D eigenvalue weighted by Gasteiger charge is 2.77. The van der Waals surface area contributed by atoms with Gasteiger partial charge in [0.05, 0.1) is 17.1 Å². The van der Waals surface area contributed by atoms with Gasteiger partial charge in [-0.05, 0) is 60.3 Å². The van der Waals surface area contributed by atoms with Crippen LogP contribution in [0.1, 0.15) is 116 Å². The molecule has 0 saturated heterocycles. The quantitative estimate of drug-likeness (QED) is 0.338. The lowest BCUT2D eigenvalue weighted by Crippen LogP contribution is -2.77. The molecule has 0 amide bonds. The number of benzene rings is 1. The van der Waals surface area contributed by atoms with Crippen LogP contribution in [0.4, 0.5) is 0 Å². The van der Waals surface area contributed by atoms with E-state index in [0.29, 0.717) is 16.7 Å². The minimum Gasteiger partial charge on any atom is -0.507 e. The van der Waals surface area contributed by atoms with Crippen molar-refractivity contribution in [1.82, 2.24) is 0 Å². The van der Waals surface area contributed by atoms with Gasteiger partial charge in [-0.3, -0.25) is 19.2 Å². The fraction of sp³-hybridized carbons (Fsp3) is 0.647. The fourth-order valence-corrected chi connectivity index (χ4v) is 9.45. The number of Topliss-reactive ketones (excluding diaryl/α,β-unsaturated/α-hetero) is 4. The Morgan fingerprint density at radius 3 is 2.17 bits per heavy atom. The normalized spacial score (nSPS) is 36.0. The Morgan fingerprint density at radius 2 is 1.68 bits per heavy atom. The predicted molar refractivity (Wildman–Crippen MR) is 154 cm³/mol. The summed E-state index contributed by atoms with van der Waals surface area (Å²) in [6.07, 6.45) is 1.68. The zero-order valence-electron chi connectivity index (χ0n) is 26.0. The Morgan fingerprint density at radius 1 is 1.10 bits per heavy atom. The van der Waals surface area contributed by atoms with E-state index in [1.807, 2.05) is 60.6 Å². The van der Waals surface area contributed by atoms with Gasteiger partial charge in [0.25, 0.3) is 0 Å². The molecule has 0 radical (unpaired) electrons. The molecule has 6 nitrogen and oxygen atoms in total. The zero-order chi connectivity index (χ0) is 30.5. The van der Waals surface area contributed by atoms with E-state index in [1.165, 1.54) is 6.92 Å². The van der Waals surface area contributed by atoms with Crippen LogP contribution in [0.15, 0.2) is 23.3 Å². The largest absolute Gasteiger partial charge is 0.507 e. The third-order valence-electron chi connectivity index (χ3n) is 11.7. The maximum atomic E-state index is 14.7. The van der Waals surface area contributed by atoms with Crippen molar-refractivity contribution in [2.24, 2.45) is 34.5 Å². The first-order valence-electron chi connectivity index (χ1n) is 14.7. The maximum absolute atomic E-state index is 14.7. The van der Waals surface area contributed by atoms with Gasteiger partial charge < -0.3 is 10.2 Å². The summed E-state index contributed by atoms with van der Waals surface area (Å²) in [6, 6.07) is 3.81. The van der Waals surface area contributed by atoms with E-state index in [-0.39, 0.29) is 28.7 Å². The summed E-state index contributed by atoms with van der Waals surface area (Å²) < 4.78 is 0. The number of carbonyl (C=O) groups excluding carboxylic acids is 4. The van der Waals surface area contributed by atoms with Crippen molar-refractivity contribution in [3.8, 4) is 5.75 Å². The van der Waals surface area contributed by atoms with Gasteiger partial charge in [0.2, 0.25) is 5.78 Å². The molecule has 40 heavy (non-hydrogen) atoms. The number of allylic oxidation sites excluding steroid dienone is 1. The van der Waals surface area contributed by atoms with Crippen molar-refractivity contribution >= 4 is 23.1 Å². The van der Waals surface area contributed by atoms with Gasteiger partial charge in [-0.25, -0.2) is 0 Å². The number of aliphatic hydroxyl groups is 1. The Balaban J connectivity index is 2.06. The van der Waals surface area contributed by atoms with Crippen molar-refractivity contribution in [2.45, 2.75) is 106 Å². The van der Waals surface area contributed by atoms with Crippen molar-refractivity contribution in [2.75, 3.05) is 0 Å². The Labute approximate surface area is 238 Å². The fourth-order valence-electron chi connectivity index (χ4n) is 9.45. The molecule has 3 aliphatic rings. The van der Waals surface area contributed by atoms with Crippen LogP contribution >= 0.6 is 0 Å². The molecular weight excluding hydrogens is 504 g/mol. The Kier molecular flexibility index (Phi) is 6.99. The van der Waals surface area contributed by atoms with Gasteiger partial charge in [0.1, 0.15) is 5.75 Å². The van der Waals surface area contributed by atoms with Gasteiger partial charge in [0.15, 0.2) is 23.0 Å². The van der Waals surface area contributed by atoms with Crippen molar-refractivity contribution in [1.29, 1.82) is 0 Å². The van der Waals surface area contributed by atoms with Gasteiger partial charge in [-0.2, -0.15) is 0 Å². The van der Waals surface area contributed by atoms with Crippen LogP contribution in [0.5, 0.6) is 5.75 Å². The Hall–Kier alpha value is -2.60. The van der Waals surface area contributed by atoms with Crippen molar-refractivity contribution in [3.05, 3.63) is 40.0 Å². The van der Waals surface area contributed by atoms with E-state index < -0.39 is 62.7 Å². The molecule has 0 bridgehead atoms. The van der Waals surface area contributed by atoms with Gasteiger partial charge in [0, 0.05) is 11.0 Å². The van der Waals surface area contributed by atoms with Crippen LogP contribution in [-0.2, 0) is 19.8 Å². The smallest absolute Gasteiger partial charge is 0.206 e. The van der Waals surface area contributed by atoms with E-state index in [4.69, 9.17) is 0 Å². The summed E-state index contributed by atoms with van der Waals surface area (Å²) in [5, 5.41) is 24.0. The zero-order valence-corrected chi connectivity index (χ0v) is 26.0. The number of aromatic hydroxyl groups is 1. The summed E-state index contributed by atoms with van der Waals surface area (Å²) in [7, 11) is 0. The number of hydrogen-bond donors (Lipinski definition) is 2. The molecule has 7 atom stereocenters. The number of fused-ring (bicyclic) bond motifs is 3. The maximum Gasteiger partial charge on any atom is 0.206 e. The number of hydrogen-bond acceptors (Lipinski definition) is 6. The SMILES string of the molecule is CCCC(C)(C)c1ccc2c(c1O)C(=O)C1C(=O)[C@]3(O)C(=O)C(C(C)=O)=C(C)[C@@H](C(C)C)[C@]3(C)[C@@H](C)[C@]1(C)[C@H]2C. The molecule has 0 aromatic heterocycles. The highest BCUT2D eigenvalue weighted by atomic mass is 16.3. The summed E-state index contributed by atoms with van der Waals surface area (Å²) in [5.74, 6) is -5.61. The molecule has 218 valence electrons. The van der Waals surface area contributed by atoms with E-state index in [9.17, 15) is 29.4 Å². The number of phenolic OH excluding ortho intramolecular Hbond substituents is 1. The monoisotopic (exact) mass is 550 g/mol. The lowest BCUT2D eigenvalue weighted by atomic mass is 9.35. The van der Waals surface area contributed by atoms with Crippen LogP contribution in [0.2, 0.25) is 0 Å². The molecule has 1 fully saturated rings. The number of carbonyl (C=O) groups is 4. The molecule has 0 spiro atoms. The lowest BCUT2D eigenvalue weighted by Gasteiger charge is -2.66. The second-order valence-electron chi connectivity index (χ2n) is 14.2. The molecule has 3 aliphatic carbocycles. The minimum atomic E-state index is -2.55. The van der Waals surface area contributed by atoms with Crippen molar-refractivity contribution in [3.63, 3.8) is 0 Å². The average Bonchev–Trinajstić information content (AvgIpc) is 2.83. The van der Waals surface area contributed by atoms with Gasteiger partial charge >= 0.3 is 0 Å². The number of ketones is 4. The van der Waals surface area contributed by atoms with Gasteiger partial charge in [-0.15, -0.1) is 0 Å². The van der Waals surface area contributed by atoms with Crippen LogP contribution in [0, 0.1) is 34.5 Å². The second-order valence-corrected chi connectivity index (χ2v) is 14.2. The van der Waals surface area contributed by atoms with E-state index in [2.05, 4.69) is 6.92 Å². The lowest BCUT2D eigenvalue weighted by molar-refractivity contribution is -0.211. The van der Waals surface area contributed by atoms with Gasteiger partial charge in [-0.1, -0.05) is 86.4 Å². The molecule has 6 heteroatoms. The standard InChI is InChI=1S/C34H46O6/c1-12-15-31(8,9)22-14-13-21-18(5)32(10)20(7)33(11)25(16(2)3)17(4)23(19(6)35)29(38)34(33,40)30(39)26(32)28(37)24(21)27(22)36/h13-14,16,18,20,25-26,36,40H,12,15H2,1-11H3/t18-,20-,25+,26?,32-,33-,34+/m0/s1. The topological polar surface area (TPSA) is 109 Å². The third-order valence-corrected chi connectivity index (χ3v) is 11.7. The summed E-state index contributed by atoms with van der Waals surface area (Å²) >= 11 is 0. The first-order chi connectivity index (χ1) is 18.3. The molecule has 0 heterocycles. The molecular formula is C34H46O6. The van der Waals surface area contributed by atoms with E-state index >= 15 is 0 Å². The first-order valence-corrected chi connectivity index (χ1v) is 14.7. The van der Waals surface area contributed by atoms with Crippen LogP contribution in [-0.4, -0.2) is 38.9 Å². The molecule has 1 aromatic carbocycles. The van der Waals surface area contributed by atoms with Crippen molar-refractivity contribution < 1.29 is 29.4 Å². The summed E-state index contributed by atoms with van der Waals surface area (Å²) in [5.41, 5.74) is -3.25.